The summed E-state index contributed by atoms with van der Waals surface area (Å²) in [7, 11) is -3.45. The number of nitrogens with two attached hydrogens (primary N) is 1. The molecule has 1 aliphatic carbocycles. The second-order valence-corrected chi connectivity index (χ2v) is 8.17. The molecule has 1 saturated carbocycles. The van der Waals surface area contributed by atoms with Crippen LogP contribution in [0.25, 0.3) is 0 Å². The molecule has 2 rings (SSSR count). The normalized spacial score (nSPS) is 23.1. The molecule has 0 saturated heterocycles. The van der Waals surface area contributed by atoms with E-state index in [2.05, 4.69) is 11.6 Å². The van der Waals surface area contributed by atoms with Crippen molar-refractivity contribution < 1.29 is 8.42 Å². The van der Waals surface area contributed by atoms with Crippen LogP contribution < -0.4 is 10.5 Å². The summed E-state index contributed by atoms with van der Waals surface area (Å²) in [6, 6.07) is 4.93. The molecule has 0 aromatic heterocycles. The molecule has 5 heteroatoms. The molecule has 0 bridgehead atoms. The van der Waals surface area contributed by atoms with Crippen LogP contribution in [0.4, 0.5) is 5.69 Å². The van der Waals surface area contributed by atoms with Crippen LogP contribution in [0, 0.1) is 18.8 Å². The average molecular weight is 310 g/mol. The van der Waals surface area contributed by atoms with Crippen molar-refractivity contribution in [2.24, 2.45) is 11.8 Å². The van der Waals surface area contributed by atoms with Crippen LogP contribution in [0.2, 0.25) is 0 Å². The second-order valence-electron chi connectivity index (χ2n) is 6.40. The van der Waals surface area contributed by atoms with E-state index >= 15 is 0 Å². The first-order valence-corrected chi connectivity index (χ1v) is 9.22. The van der Waals surface area contributed by atoms with Gasteiger partial charge in [0.25, 0.3) is 0 Å². The van der Waals surface area contributed by atoms with Gasteiger partial charge in [-0.25, -0.2) is 13.1 Å². The van der Waals surface area contributed by atoms with Crippen molar-refractivity contribution in [3.05, 3.63) is 23.8 Å². The summed E-state index contributed by atoms with van der Waals surface area (Å²) in [6.07, 6.45) is 5.95. The van der Waals surface area contributed by atoms with E-state index in [4.69, 9.17) is 5.73 Å². The zero-order valence-electron chi connectivity index (χ0n) is 12.9. The molecule has 0 spiro atoms. The quantitative estimate of drug-likeness (QED) is 0.821. The third-order valence-corrected chi connectivity index (χ3v) is 5.71. The van der Waals surface area contributed by atoms with Crippen molar-refractivity contribution in [1.29, 1.82) is 0 Å². The molecule has 21 heavy (non-hydrogen) atoms. The van der Waals surface area contributed by atoms with Gasteiger partial charge >= 0.3 is 0 Å². The Morgan fingerprint density at radius 2 is 2.05 bits per heavy atom. The maximum absolute atomic E-state index is 12.3. The molecule has 0 amide bonds. The first kappa shape index (κ1) is 16.3. The summed E-state index contributed by atoms with van der Waals surface area (Å²) >= 11 is 0. The molecule has 1 aliphatic rings. The van der Waals surface area contributed by atoms with E-state index in [1.165, 1.54) is 31.7 Å². The molecule has 0 heterocycles. The zero-order valence-corrected chi connectivity index (χ0v) is 13.7. The molecule has 1 fully saturated rings. The monoisotopic (exact) mass is 310 g/mol. The molecule has 4 nitrogen and oxygen atoms in total. The van der Waals surface area contributed by atoms with Crippen molar-refractivity contribution in [2.75, 3.05) is 12.3 Å². The summed E-state index contributed by atoms with van der Waals surface area (Å²) in [5.41, 5.74) is 7.07. The summed E-state index contributed by atoms with van der Waals surface area (Å²) in [4.78, 5) is 0.261. The number of aryl methyl sites for hydroxylation is 1. The topological polar surface area (TPSA) is 72.2 Å². The van der Waals surface area contributed by atoms with Gasteiger partial charge in [-0.15, -0.1) is 0 Å². The van der Waals surface area contributed by atoms with E-state index in [1.54, 1.807) is 12.1 Å². The Bertz CT molecular complexity index is 564. The van der Waals surface area contributed by atoms with Gasteiger partial charge in [0.1, 0.15) is 0 Å². The second kappa shape index (κ2) is 6.79. The number of sulfonamides is 1. The van der Waals surface area contributed by atoms with Crippen molar-refractivity contribution in [3.63, 3.8) is 0 Å². The largest absolute Gasteiger partial charge is 0.399 e. The van der Waals surface area contributed by atoms with Crippen LogP contribution in [-0.4, -0.2) is 15.0 Å². The summed E-state index contributed by atoms with van der Waals surface area (Å²) < 4.78 is 27.3. The Morgan fingerprint density at radius 3 is 2.71 bits per heavy atom. The minimum atomic E-state index is -3.45. The molecule has 118 valence electrons. The maximum atomic E-state index is 12.3. The Kier molecular flexibility index (Phi) is 5.27. The molecule has 1 aromatic rings. The van der Waals surface area contributed by atoms with Crippen LogP contribution in [0.3, 0.4) is 0 Å². The lowest BCUT2D eigenvalue weighted by Gasteiger charge is -2.26. The van der Waals surface area contributed by atoms with Gasteiger partial charge in [0.15, 0.2) is 0 Å². The summed E-state index contributed by atoms with van der Waals surface area (Å²) in [6.45, 7) is 4.64. The minimum absolute atomic E-state index is 0.261. The smallest absolute Gasteiger partial charge is 0.240 e. The number of rotatable bonds is 5. The van der Waals surface area contributed by atoms with Crippen LogP contribution in [0.15, 0.2) is 23.1 Å². The van der Waals surface area contributed by atoms with Crippen LogP contribution in [0.5, 0.6) is 0 Å². The Morgan fingerprint density at radius 1 is 1.29 bits per heavy atom. The van der Waals surface area contributed by atoms with E-state index < -0.39 is 10.0 Å². The van der Waals surface area contributed by atoms with Gasteiger partial charge in [-0.3, -0.25) is 0 Å². The predicted molar refractivity (Wildman–Crippen MR) is 86.5 cm³/mol. The zero-order chi connectivity index (χ0) is 15.5. The van der Waals surface area contributed by atoms with Crippen molar-refractivity contribution in [1.82, 2.24) is 4.72 Å². The number of benzene rings is 1. The van der Waals surface area contributed by atoms with Crippen molar-refractivity contribution in [2.45, 2.75) is 50.8 Å². The van der Waals surface area contributed by atoms with Gasteiger partial charge < -0.3 is 5.73 Å². The predicted octanol–water partition coefficient (Wildman–Crippen LogP) is 3.07. The molecule has 0 radical (unpaired) electrons. The molecule has 0 aliphatic heterocycles. The summed E-state index contributed by atoms with van der Waals surface area (Å²) in [5, 5.41) is 0. The average Bonchev–Trinajstić information content (AvgIpc) is 2.37. The fourth-order valence-electron chi connectivity index (χ4n) is 3.23. The standard InChI is InChI=1S/C16H26N2O2S/c1-12-4-3-5-14(8-12)6-7-18-21(19,20)16-10-13(2)9-15(17)11-16/h9-12,14,18H,3-8,17H2,1-2H3. The number of anilines is 1. The van der Waals surface area contributed by atoms with Gasteiger partial charge in [0, 0.05) is 12.2 Å². The van der Waals surface area contributed by atoms with Crippen LogP contribution in [0.1, 0.15) is 44.6 Å². The van der Waals surface area contributed by atoms with Crippen LogP contribution in [-0.2, 0) is 10.0 Å². The Balaban J connectivity index is 1.92. The summed E-state index contributed by atoms with van der Waals surface area (Å²) in [5.74, 6) is 1.43. The van der Waals surface area contributed by atoms with E-state index in [0.717, 1.165) is 17.9 Å². The Hall–Kier alpha value is -1.07. The van der Waals surface area contributed by atoms with Gasteiger partial charge in [0.2, 0.25) is 10.0 Å². The highest BCUT2D eigenvalue weighted by molar-refractivity contribution is 7.89. The Labute approximate surface area is 128 Å². The van der Waals surface area contributed by atoms with Gasteiger partial charge in [-0.2, -0.15) is 0 Å². The fourth-order valence-corrected chi connectivity index (χ4v) is 4.42. The third-order valence-electron chi connectivity index (χ3n) is 4.27. The molecule has 1 aromatic carbocycles. The number of hydrogen-bond donors (Lipinski definition) is 2. The highest BCUT2D eigenvalue weighted by atomic mass is 32.2. The highest BCUT2D eigenvalue weighted by Gasteiger charge is 2.20. The third kappa shape index (κ3) is 4.71. The van der Waals surface area contributed by atoms with Crippen molar-refractivity contribution in [3.8, 4) is 0 Å². The SMILES string of the molecule is Cc1cc(N)cc(S(=O)(=O)NCCC2CCCC(C)C2)c1. The van der Waals surface area contributed by atoms with E-state index in [-0.39, 0.29) is 4.90 Å². The molecular formula is C16H26N2O2S. The molecular weight excluding hydrogens is 284 g/mol. The van der Waals surface area contributed by atoms with Gasteiger partial charge in [0.05, 0.1) is 4.90 Å². The van der Waals surface area contributed by atoms with E-state index in [9.17, 15) is 8.42 Å². The first-order chi connectivity index (χ1) is 9.87. The minimum Gasteiger partial charge on any atom is -0.399 e. The van der Waals surface area contributed by atoms with E-state index in [1.807, 2.05) is 6.92 Å². The van der Waals surface area contributed by atoms with E-state index in [0.29, 0.717) is 18.2 Å². The first-order valence-electron chi connectivity index (χ1n) is 7.73. The highest BCUT2D eigenvalue weighted by Crippen LogP contribution is 2.30. The lowest BCUT2D eigenvalue weighted by molar-refractivity contribution is 0.271. The van der Waals surface area contributed by atoms with Crippen LogP contribution >= 0.6 is 0 Å². The molecule has 2 unspecified atom stereocenters. The van der Waals surface area contributed by atoms with Gasteiger partial charge in [-0.05, 0) is 55.4 Å². The molecule has 3 N–H and O–H groups in total. The lowest BCUT2D eigenvalue weighted by Crippen LogP contribution is -2.27. The molecule has 2 atom stereocenters. The van der Waals surface area contributed by atoms with Gasteiger partial charge in [-0.1, -0.05) is 26.2 Å². The number of hydrogen-bond acceptors (Lipinski definition) is 3. The fraction of sp³-hybridized carbons (Fsp3) is 0.625. The number of nitrogens with one attached hydrogen (secondary N) is 1. The maximum Gasteiger partial charge on any atom is 0.240 e. The van der Waals surface area contributed by atoms with Crippen molar-refractivity contribution >= 4 is 15.7 Å². The lowest BCUT2D eigenvalue weighted by atomic mass is 9.81. The number of nitrogen functional groups attached to an aromatic ring is 1.